The number of carbonyl (C=O) groups is 1. The molecule has 0 spiro atoms. The molecule has 1 aliphatic carbocycles. The SMILES string of the molecule is CCOC(=O)C1=C(C)N=c2s/c(=C\[C@@H]3C=CC(OCc4ccccc4)=C(Br)C3)c(=O)n2[C@H]1c1cc(OC)ccc1OC. The van der Waals surface area contributed by atoms with Crippen LogP contribution in [0, 0.1) is 5.92 Å². The molecular formula is C32H31BrN2O6S. The Balaban J connectivity index is 1.53. The molecule has 2 aromatic carbocycles. The van der Waals surface area contributed by atoms with Crippen LogP contribution in [0.4, 0.5) is 0 Å². The van der Waals surface area contributed by atoms with Crippen LogP contribution in [0.2, 0.25) is 0 Å². The zero-order chi connectivity index (χ0) is 29.8. The molecule has 0 unspecified atom stereocenters. The highest BCUT2D eigenvalue weighted by atomic mass is 79.9. The van der Waals surface area contributed by atoms with Gasteiger partial charge in [-0.2, -0.15) is 0 Å². The first-order valence-corrected chi connectivity index (χ1v) is 15.1. The van der Waals surface area contributed by atoms with Crippen molar-refractivity contribution in [1.82, 2.24) is 4.57 Å². The van der Waals surface area contributed by atoms with Crippen LogP contribution >= 0.6 is 27.3 Å². The zero-order valence-electron chi connectivity index (χ0n) is 23.8. The molecule has 0 saturated heterocycles. The molecule has 2 aliphatic rings. The molecular weight excluding hydrogens is 620 g/mol. The molecule has 1 aliphatic heterocycles. The predicted octanol–water partition coefficient (Wildman–Crippen LogP) is 5.17. The highest BCUT2D eigenvalue weighted by Crippen LogP contribution is 2.38. The third kappa shape index (κ3) is 6.00. The second-order valence-corrected chi connectivity index (χ2v) is 11.7. The molecule has 0 N–H and O–H groups in total. The lowest BCUT2D eigenvalue weighted by atomic mass is 9.94. The molecule has 8 nitrogen and oxygen atoms in total. The monoisotopic (exact) mass is 650 g/mol. The first kappa shape index (κ1) is 29.6. The van der Waals surface area contributed by atoms with Gasteiger partial charge in [-0.15, -0.1) is 0 Å². The van der Waals surface area contributed by atoms with E-state index in [0.717, 1.165) is 15.8 Å². The number of fused-ring (bicyclic) bond motifs is 1. The van der Waals surface area contributed by atoms with Gasteiger partial charge in [0.25, 0.3) is 5.56 Å². The fraction of sp³-hybridized carbons (Fsp3) is 0.281. The summed E-state index contributed by atoms with van der Waals surface area (Å²) in [5.41, 5.74) is 2.21. The number of methoxy groups -OCH3 is 2. The Morgan fingerprint density at radius 2 is 1.95 bits per heavy atom. The van der Waals surface area contributed by atoms with E-state index in [2.05, 4.69) is 20.9 Å². The molecule has 0 radical (unpaired) electrons. The molecule has 0 saturated carbocycles. The van der Waals surface area contributed by atoms with E-state index in [1.165, 1.54) is 11.3 Å². The Labute approximate surface area is 256 Å². The highest BCUT2D eigenvalue weighted by molar-refractivity contribution is 9.11. The van der Waals surface area contributed by atoms with Crippen molar-refractivity contribution >= 4 is 39.3 Å². The quantitative estimate of drug-likeness (QED) is 0.297. The number of carbonyl (C=O) groups excluding carboxylic acids is 1. The largest absolute Gasteiger partial charge is 0.497 e. The number of ether oxygens (including phenoxy) is 4. The van der Waals surface area contributed by atoms with Gasteiger partial charge in [-0.1, -0.05) is 69.8 Å². The van der Waals surface area contributed by atoms with Crippen LogP contribution in [0.3, 0.4) is 0 Å². The van der Waals surface area contributed by atoms with Gasteiger partial charge in [0.05, 0.1) is 36.6 Å². The predicted molar refractivity (Wildman–Crippen MR) is 165 cm³/mol. The van der Waals surface area contributed by atoms with Crippen LogP contribution in [0.25, 0.3) is 6.08 Å². The molecule has 2 heterocycles. The molecule has 0 bridgehead atoms. The van der Waals surface area contributed by atoms with Crippen LogP contribution in [0.1, 0.15) is 37.4 Å². The summed E-state index contributed by atoms with van der Waals surface area (Å²) in [5.74, 6) is 1.28. The van der Waals surface area contributed by atoms with Gasteiger partial charge in [0, 0.05) is 16.0 Å². The number of esters is 1. The number of benzene rings is 2. The number of halogens is 1. The molecule has 10 heteroatoms. The van der Waals surface area contributed by atoms with Crippen molar-refractivity contribution in [3.8, 4) is 11.5 Å². The summed E-state index contributed by atoms with van der Waals surface area (Å²) < 4.78 is 25.6. The van der Waals surface area contributed by atoms with Crippen LogP contribution in [-0.2, 0) is 20.9 Å². The average molecular weight is 652 g/mol. The lowest BCUT2D eigenvalue weighted by Gasteiger charge is -2.26. The van der Waals surface area contributed by atoms with Gasteiger partial charge in [0.1, 0.15) is 29.9 Å². The smallest absolute Gasteiger partial charge is 0.338 e. The third-order valence-corrected chi connectivity index (χ3v) is 8.74. The van der Waals surface area contributed by atoms with Gasteiger partial charge in [0.2, 0.25) is 0 Å². The number of rotatable bonds is 9. The van der Waals surface area contributed by atoms with E-state index >= 15 is 0 Å². The molecule has 218 valence electrons. The second-order valence-electron chi connectivity index (χ2n) is 9.70. The Kier molecular flexibility index (Phi) is 9.13. The first-order chi connectivity index (χ1) is 20.3. The van der Waals surface area contributed by atoms with Gasteiger partial charge < -0.3 is 18.9 Å². The van der Waals surface area contributed by atoms with Crippen molar-refractivity contribution in [3.05, 3.63) is 113 Å². The molecule has 42 heavy (non-hydrogen) atoms. The maximum Gasteiger partial charge on any atom is 0.338 e. The molecule has 0 fully saturated rings. The van der Waals surface area contributed by atoms with E-state index in [1.807, 2.05) is 48.6 Å². The molecule has 5 rings (SSSR count). The lowest BCUT2D eigenvalue weighted by molar-refractivity contribution is -0.139. The van der Waals surface area contributed by atoms with Crippen LogP contribution in [0.15, 0.2) is 92.0 Å². The number of thiazole rings is 1. The first-order valence-electron chi connectivity index (χ1n) is 13.5. The minimum absolute atomic E-state index is 0.0414. The van der Waals surface area contributed by atoms with Crippen molar-refractivity contribution in [2.24, 2.45) is 10.9 Å². The summed E-state index contributed by atoms with van der Waals surface area (Å²) in [6.45, 7) is 4.16. The fourth-order valence-corrected chi connectivity index (χ4v) is 6.72. The fourth-order valence-electron chi connectivity index (χ4n) is 5.00. The van der Waals surface area contributed by atoms with Crippen molar-refractivity contribution in [2.75, 3.05) is 20.8 Å². The third-order valence-electron chi connectivity index (χ3n) is 7.03. The number of aromatic nitrogens is 1. The van der Waals surface area contributed by atoms with Gasteiger partial charge in [-0.05, 0) is 50.1 Å². The Morgan fingerprint density at radius 3 is 2.64 bits per heavy atom. The lowest BCUT2D eigenvalue weighted by Crippen LogP contribution is -2.40. The van der Waals surface area contributed by atoms with E-state index in [4.69, 9.17) is 18.9 Å². The Bertz CT molecular complexity index is 1770. The van der Waals surface area contributed by atoms with E-state index in [1.54, 1.807) is 50.8 Å². The standard InChI is InChI=1S/C32H31BrN2O6S/c1-5-40-31(37)28-19(2)34-32-35(29(28)23-17-22(38-3)12-14-25(23)39-4)30(36)27(42-32)16-21-11-13-26(24(33)15-21)41-18-20-9-7-6-8-10-20/h6-14,16-17,21,29H,5,15,18H2,1-4H3/b27-16-/t21-,29+/m1/s1. The maximum absolute atomic E-state index is 14.0. The Hall–Kier alpha value is -3.89. The summed E-state index contributed by atoms with van der Waals surface area (Å²) >= 11 is 4.97. The van der Waals surface area contributed by atoms with Gasteiger partial charge in [0.15, 0.2) is 4.80 Å². The van der Waals surface area contributed by atoms with Crippen LogP contribution in [-0.4, -0.2) is 31.4 Å². The summed E-state index contributed by atoms with van der Waals surface area (Å²) in [5, 5.41) is 0. The summed E-state index contributed by atoms with van der Waals surface area (Å²) in [6.07, 6.45) is 6.55. The van der Waals surface area contributed by atoms with E-state index in [0.29, 0.717) is 45.1 Å². The van der Waals surface area contributed by atoms with Crippen LogP contribution in [0.5, 0.6) is 11.5 Å². The van der Waals surface area contributed by atoms with Gasteiger partial charge >= 0.3 is 5.97 Å². The van der Waals surface area contributed by atoms with Gasteiger partial charge in [-0.3, -0.25) is 9.36 Å². The molecule has 0 amide bonds. The zero-order valence-corrected chi connectivity index (χ0v) is 26.2. The molecule has 1 aromatic heterocycles. The summed E-state index contributed by atoms with van der Waals surface area (Å²) in [4.78, 5) is 32.4. The van der Waals surface area contributed by atoms with Crippen molar-refractivity contribution < 1.29 is 23.7 Å². The summed E-state index contributed by atoms with van der Waals surface area (Å²) in [6, 6.07) is 14.5. The number of allylic oxidation sites excluding steroid dienone is 4. The van der Waals surface area contributed by atoms with E-state index in [-0.39, 0.29) is 23.7 Å². The molecule has 2 atom stereocenters. The number of hydrogen-bond acceptors (Lipinski definition) is 8. The second kappa shape index (κ2) is 13.0. The van der Waals surface area contributed by atoms with Crippen molar-refractivity contribution in [3.63, 3.8) is 0 Å². The topological polar surface area (TPSA) is 88.4 Å². The van der Waals surface area contributed by atoms with Crippen molar-refractivity contribution in [1.29, 1.82) is 0 Å². The average Bonchev–Trinajstić information content (AvgIpc) is 3.30. The Morgan fingerprint density at radius 1 is 1.17 bits per heavy atom. The van der Waals surface area contributed by atoms with E-state index < -0.39 is 12.0 Å². The normalized spacial score (nSPS) is 18.5. The van der Waals surface area contributed by atoms with Crippen molar-refractivity contribution in [2.45, 2.75) is 32.9 Å². The molecule has 3 aromatic rings. The number of nitrogens with zero attached hydrogens (tertiary/aromatic N) is 2. The van der Waals surface area contributed by atoms with Gasteiger partial charge in [-0.25, -0.2) is 9.79 Å². The maximum atomic E-state index is 14.0. The summed E-state index contributed by atoms with van der Waals surface area (Å²) in [7, 11) is 3.11. The number of hydrogen-bond donors (Lipinski definition) is 0. The van der Waals surface area contributed by atoms with Crippen LogP contribution < -0.4 is 24.4 Å². The van der Waals surface area contributed by atoms with E-state index in [9.17, 15) is 9.59 Å². The minimum Gasteiger partial charge on any atom is -0.497 e. The minimum atomic E-state index is -0.806. The highest BCUT2D eigenvalue weighted by Gasteiger charge is 2.35.